The Morgan fingerprint density at radius 3 is 2.38 bits per heavy atom. The van der Waals surface area contributed by atoms with Crippen molar-refractivity contribution in [3.8, 4) is 5.75 Å². The summed E-state index contributed by atoms with van der Waals surface area (Å²) in [4.78, 5) is 45.9. The molecule has 0 radical (unpaired) electrons. The van der Waals surface area contributed by atoms with E-state index >= 15 is 0 Å². The van der Waals surface area contributed by atoms with Gasteiger partial charge in [0.25, 0.3) is 11.6 Å². The monoisotopic (exact) mass is 420 g/mol. The third-order valence-corrected chi connectivity index (χ3v) is 3.97. The van der Waals surface area contributed by atoms with Gasteiger partial charge < -0.3 is 14.8 Å². The van der Waals surface area contributed by atoms with Gasteiger partial charge in [0.05, 0.1) is 11.5 Å². The first-order valence-corrected chi connectivity index (χ1v) is 8.83. The van der Waals surface area contributed by atoms with Crippen LogP contribution in [0.3, 0.4) is 0 Å². The van der Waals surface area contributed by atoms with Crippen LogP contribution >= 0.6 is 11.6 Å². The quantitative estimate of drug-likeness (QED) is 0.286. The van der Waals surface area contributed by atoms with Gasteiger partial charge in [-0.05, 0) is 43.3 Å². The molecule has 152 valence electrons. The van der Waals surface area contributed by atoms with E-state index in [1.807, 2.05) is 6.92 Å². The van der Waals surface area contributed by atoms with Crippen LogP contribution in [0.25, 0.3) is 0 Å². The van der Waals surface area contributed by atoms with Crippen LogP contribution < -0.4 is 10.1 Å². The van der Waals surface area contributed by atoms with Crippen LogP contribution in [0.1, 0.15) is 27.6 Å². The number of nitro groups is 1. The lowest BCUT2D eigenvalue weighted by atomic mass is 10.1. The summed E-state index contributed by atoms with van der Waals surface area (Å²) in [6, 6.07) is 9.85. The number of nitrogens with zero attached hydrogens (tertiary/aromatic N) is 1. The van der Waals surface area contributed by atoms with E-state index in [2.05, 4.69) is 5.32 Å². The highest BCUT2D eigenvalue weighted by Crippen LogP contribution is 2.24. The highest BCUT2D eigenvalue weighted by molar-refractivity contribution is 6.32. The number of ether oxygens (including phenoxy) is 2. The van der Waals surface area contributed by atoms with Crippen LogP contribution in [-0.4, -0.2) is 42.3 Å². The third-order valence-electron chi connectivity index (χ3n) is 3.65. The number of halogens is 1. The molecule has 0 atom stereocenters. The second kappa shape index (κ2) is 10.2. The van der Waals surface area contributed by atoms with E-state index in [0.717, 1.165) is 6.07 Å². The Balaban J connectivity index is 1.83. The van der Waals surface area contributed by atoms with Crippen LogP contribution in [-0.2, 0) is 9.53 Å². The summed E-state index contributed by atoms with van der Waals surface area (Å²) in [6.07, 6.45) is 0. The molecule has 1 amide bonds. The average molecular weight is 421 g/mol. The minimum Gasteiger partial charge on any atom is -0.494 e. The van der Waals surface area contributed by atoms with Crippen LogP contribution in [0.15, 0.2) is 42.5 Å². The molecule has 0 bridgehead atoms. The fraction of sp³-hybridized carbons (Fsp3) is 0.211. The fourth-order valence-corrected chi connectivity index (χ4v) is 2.42. The molecule has 10 heteroatoms. The Labute approximate surface area is 170 Å². The van der Waals surface area contributed by atoms with Gasteiger partial charge in [0, 0.05) is 17.2 Å². The molecule has 2 aromatic rings. The molecule has 0 aliphatic rings. The van der Waals surface area contributed by atoms with E-state index in [1.54, 1.807) is 24.3 Å². The van der Waals surface area contributed by atoms with Gasteiger partial charge in [-0.15, -0.1) is 0 Å². The summed E-state index contributed by atoms with van der Waals surface area (Å²) >= 11 is 5.68. The fourth-order valence-electron chi connectivity index (χ4n) is 2.23. The molecule has 1 N–H and O–H groups in total. The molecule has 0 aliphatic carbocycles. The van der Waals surface area contributed by atoms with E-state index in [9.17, 15) is 24.5 Å². The Hall–Kier alpha value is -3.46. The van der Waals surface area contributed by atoms with Crippen molar-refractivity contribution < 1.29 is 28.8 Å². The lowest BCUT2D eigenvalue weighted by molar-refractivity contribution is -0.384. The number of Topliss-reactive ketones (excluding diaryl/α,β-unsaturated/α-hetero) is 1. The molecule has 0 saturated carbocycles. The first kappa shape index (κ1) is 21.8. The number of carbonyl (C=O) groups excluding carboxylic acids is 3. The summed E-state index contributed by atoms with van der Waals surface area (Å²) in [5, 5.41) is 13.0. The molecule has 29 heavy (non-hydrogen) atoms. The van der Waals surface area contributed by atoms with Crippen molar-refractivity contribution >= 4 is 34.9 Å². The number of hydrogen-bond acceptors (Lipinski definition) is 7. The summed E-state index contributed by atoms with van der Waals surface area (Å²) in [5.41, 5.74) is -0.124. The van der Waals surface area contributed by atoms with Crippen molar-refractivity contribution in [2.24, 2.45) is 0 Å². The number of benzene rings is 2. The first-order chi connectivity index (χ1) is 13.8. The molecule has 0 unspecified atom stereocenters. The van der Waals surface area contributed by atoms with E-state index in [-0.39, 0.29) is 10.6 Å². The predicted octanol–water partition coefficient (Wildman–Crippen LogP) is 2.80. The van der Waals surface area contributed by atoms with Crippen LogP contribution in [0.2, 0.25) is 5.02 Å². The molecule has 0 aromatic heterocycles. The zero-order valence-corrected chi connectivity index (χ0v) is 16.1. The van der Waals surface area contributed by atoms with Crippen molar-refractivity contribution in [2.45, 2.75) is 6.92 Å². The zero-order valence-electron chi connectivity index (χ0n) is 15.3. The number of esters is 1. The van der Waals surface area contributed by atoms with E-state index in [0.29, 0.717) is 17.9 Å². The number of nitro benzene ring substituents is 1. The van der Waals surface area contributed by atoms with Gasteiger partial charge >= 0.3 is 5.97 Å². The van der Waals surface area contributed by atoms with Gasteiger partial charge in [-0.25, -0.2) is 0 Å². The normalized spacial score (nSPS) is 10.1. The molecule has 0 saturated heterocycles. The Morgan fingerprint density at radius 1 is 1.10 bits per heavy atom. The van der Waals surface area contributed by atoms with Crippen LogP contribution in [0.4, 0.5) is 5.69 Å². The molecular weight excluding hydrogens is 404 g/mol. The largest absolute Gasteiger partial charge is 0.494 e. The lowest BCUT2D eigenvalue weighted by Crippen LogP contribution is -2.31. The van der Waals surface area contributed by atoms with Crippen molar-refractivity contribution in [2.75, 3.05) is 19.8 Å². The SMILES string of the molecule is CCOc1ccc(C(=O)COC(=O)CNC(=O)c2ccc(Cl)c([N+](=O)[O-])c2)cc1. The number of carbonyl (C=O) groups is 3. The number of hydrogen-bond donors (Lipinski definition) is 1. The minimum absolute atomic E-state index is 0.0423. The van der Waals surface area contributed by atoms with E-state index in [1.165, 1.54) is 12.1 Å². The molecule has 2 aromatic carbocycles. The number of ketones is 1. The maximum absolute atomic E-state index is 12.0. The molecular formula is C19H17ClN2O7. The molecule has 0 heterocycles. The van der Waals surface area contributed by atoms with Gasteiger partial charge in [0.15, 0.2) is 12.4 Å². The van der Waals surface area contributed by atoms with Gasteiger partial charge in [-0.1, -0.05) is 11.6 Å². The number of rotatable bonds is 9. The van der Waals surface area contributed by atoms with Gasteiger partial charge in [0.1, 0.15) is 17.3 Å². The highest BCUT2D eigenvalue weighted by atomic mass is 35.5. The third kappa shape index (κ3) is 6.28. The van der Waals surface area contributed by atoms with E-state index < -0.39 is 41.4 Å². The first-order valence-electron chi connectivity index (χ1n) is 8.45. The van der Waals surface area contributed by atoms with Gasteiger partial charge in [-0.3, -0.25) is 24.5 Å². The van der Waals surface area contributed by atoms with Crippen LogP contribution in [0, 0.1) is 10.1 Å². The van der Waals surface area contributed by atoms with Crippen molar-refractivity contribution in [3.63, 3.8) is 0 Å². The lowest BCUT2D eigenvalue weighted by Gasteiger charge is -2.07. The summed E-state index contributed by atoms with van der Waals surface area (Å²) in [6.45, 7) is 1.34. The van der Waals surface area contributed by atoms with Crippen molar-refractivity contribution in [3.05, 3.63) is 68.7 Å². The number of nitrogens with one attached hydrogen (secondary N) is 1. The van der Waals surface area contributed by atoms with Gasteiger partial charge in [-0.2, -0.15) is 0 Å². The summed E-state index contributed by atoms with van der Waals surface area (Å²) in [5.74, 6) is -1.35. The number of amides is 1. The van der Waals surface area contributed by atoms with Gasteiger partial charge in [0.2, 0.25) is 0 Å². The molecule has 0 aliphatic heterocycles. The topological polar surface area (TPSA) is 125 Å². The van der Waals surface area contributed by atoms with Crippen LogP contribution in [0.5, 0.6) is 5.75 Å². The Morgan fingerprint density at radius 2 is 1.76 bits per heavy atom. The predicted molar refractivity (Wildman–Crippen MR) is 103 cm³/mol. The molecule has 9 nitrogen and oxygen atoms in total. The molecule has 0 fully saturated rings. The summed E-state index contributed by atoms with van der Waals surface area (Å²) in [7, 11) is 0. The maximum Gasteiger partial charge on any atom is 0.325 e. The second-order valence-electron chi connectivity index (χ2n) is 5.65. The Bertz CT molecular complexity index is 929. The van der Waals surface area contributed by atoms with Crippen molar-refractivity contribution in [1.29, 1.82) is 0 Å². The maximum atomic E-state index is 12.0. The average Bonchev–Trinajstić information content (AvgIpc) is 2.71. The standard InChI is InChI=1S/C19H17ClN2O7/c1-2-28-14-6-3-12(4-7-14)17(23)11-29-18(24)10-21-19(25)13-5-8-15(20)16(9-13)22(26)27/h3-9H,2,10-11H2,1H3,(H,21,25). The molecule has 0 spiro atoms. The molecule has 2 rings (SSSR count). The Kier molecular flexibility index (Phi) is 7.67. The minimum atomic E-state index is -0.832. The van der Waals surface area contributed by atoms with E-state index in [4.69, 9.17) is 21.1 Å². The second-order valence-corrected chi connectivity index (χ2v) is 6.05. The zero-order chi connectivity index (χ0) is 21.4. The van der Waals surface area contributed by atoms with Crippen molar-refractivity contribution in [1.82, 2.24) is 5.32 Å². The smallest absolute Gasteiger partial charge is 0.325 e. The summed E-state index contributed by atoms with van der Waals surface area (Å²) < 4.78 is 10.1. The highest BCUT2D eigenvalue weighted by Gasteiger charge is 2.17.